The van der Waals surface area contributed by atoms with Crippen LogP contribution in [0.2, 0.25) is 0 Å². The summed E-state index contributed by atoms with van der Waals surface area (Å²) in [6.07, 6.45) is 0. The predicted octanol–water partition coefficient (Wildman–Crippen LogP) is 21.5. The lowest BCUT2D eigenvalue weighted by atomic mass is 9.70. The normalized spacial score (nSPS) is 12.6. The summed E-state index contributed by atoms with van der Waals surface area (Å²) in [6.45, 7) is 0. The van der Waals surface area contributed by atoms with Crippen molar-refractivity contribution in [3.05, 3.63) is 349 Å². The molecule has 0 unspecified atom stereocenters. The van der Waals surface area contributed by atoms with Gasteiger partial charge in [-0.05, 0) is 195 Å². The Morgan fingerprint density at radius 3 is 1.02 bits per heavy atom. The summed E-state index contributed by atoms with van der Waals surface area (Å²) in [5.74, 6) is -0.0221. The first-order valence-corrected chi connectivity index (χ1v) is 29.3. The molecule has 0 atom stereocenters. The highest BCUT2D eigenvalue weighted by molar-refractivity contribution is 6.13. The van der Waals surface area contributed by atoms with Crippen molar-refractivity contribution in [3.8, 4) is 66.8 Å². The number of fused-ring (bicyclic) bond motifs is 20. The van der Waals surface area contributed by atoms with Crippen LogP contribution in [0, 0.1) is 0 Å². The van der Waals surface area contributed by atoms with Crippen LogP contribution >= 0.6 is 0 Å². The average Bonchev–Trinajstić information content (AvgIpc) is 1.92. The fourth-order valence-electron chi connectivity index (χ4n) is 14.4. The summed E-state index contributed by atoms with van der Waals surface area (Å²) < 4.78 is 0. The average molecular weight is 1080 g/mol. The first kappa shape index (κ1) is 48.6. The maximum atomic E-state index is 15.9. The third kappa shape index (κ3) is 7.50. The molecule has 3 heteroatoms. The monoisotopic (exact) mass is 1080 g/mol. The summed E-state index contributed by atoms with van der Waals surface area (Å²) in [5.41, 5.74) is 25.3. The molecule has 0 saturated carbocycles. The highest BCUT2D eigenvalue weighted by Crippen LogP contribution is 2.63. The molecule has 0 heterocycles. The zero-order chi connectivity index (χ0) is 56.2. The second kappa shape index (κ2) is 19.2. The van der Waals surface area contributed by atoms with Crippen molar-refractivity contribution in [3.63, 3.8) is 0 Å². The number of carbonyl (C=O) groups is 1. The fourth-order valence-corrected chi connectivity index (χ4v) is 14.4. The Hall–Kier alpha value is -11.1. The molecule has 3 aliphatic carbocycles. The molecule has 0 amide bonds. The van der Waals surface area contributed by atoms with E-state index in [1.54, 1.807) is 0 Å². The fraction of sp³-hybridized carbons (Fsp3) is 0.0122. The van der Waals surface area contributed by atoms with Crippen molar-refractivity contribution in [2.75, 3.05) is 9.80 Å². The molecular formula is C82H52N2O. The second-order valence-electron chi connectivity index (χ2n) is 22.6. The van der Waals surface area contributed by atoms with E-state index < -0.39 is 5.41 Å². The van der Waals surface area contributed by atoms with Crippen LogP contribution in [0.15, 0.2) is 315 Å². The van der Waals surface area contributed by atoms with Gasteiger partial charge in [0.05, 0.1) is 5.41 Å². The third-order valence-corrected chi connectivity index (χ3v) is 18.2. The van der Waals surface area contributed by atoms with Crippen molar-refractivity contribution in [1.29, 1.82) is 0 Å². The van der Waals surface area contributed by atoms with Gasteiger partial charge in [-0.1, -0.05) is 231 Å². The van der Waals surface area contributed by atoms with Crippen molar-refractivity contribution in [2.45, 2.75) is 5.41 Å². The Morgan fingerprint density at radius 2 is 0.529 bits per heavy atom. The van der Waals surface area contributed by atoms with Crippen LogP contribution in [0.1, 0.15) is 38.2 Å². The lowest BCUT2D eigenvalue weighted by Gasteiger charge is -2.30. The quantitative estimate of drug-likeness (QED) is 0.142. The molecule has 0 saturated heterocycles. The van der Waals surface area contributed by atoms with Gasteiger partial charge in [0.2, 0.25) is 0 Å². The molecule has 0 fully saturated rings. The molecule has 0 N–H and O–H groups in total. The van der Waals surface area contributed by atoms with Crippen molar-refractivity contribution in [1.82, 2.24) is 0 Å². The van der Waals surface area contributed by atoms with Crippen LogP contribution in [0.3, 0.4) is 0 Å². The summed E-state index contributed by atoms with van der Waals surface area (Å²) >= 11 is 0. The van der Waals surface area contributed by atoms with Gasteiger partial charge >= 0.3 is 0 Å². The van der Waals surface area contributed by atoms with Crippen LogP contribution in [-0.2, 0) is 5.41 Å². The molecule has 0 aliphatic heterocycles. The number of carbonyl (C=O) groups excluding carboxylic acids is 1. The summed E-state index contributed by atoms with van der Waals surface area (Å²) in [6, 6.07) is 114. The van der Waals surface area contributed by atoms with Gasteiger partial charge in [-0.2, -0.15) is 0 Å². The first-order valence-electron chi connectivity index (χ1n) is 29.3. The van der Waals surface area contributed by atoms with Crippen molar-refractivity contribution in [2.24, 2.45) is 0 Å². The number of para-hydroxylation sites is 2. The number of nitrogens with zero attached hydrogens (tertiary/aromatic N) is 2. The van der Waals surface area contributed by atoms with E-state index in [1.165, 1.54) is 49.5 Å². The Balaban J connectivity index is 0.877. The lowest BCUT2D eigenvalue weighted by Crippen LogP contribution is -2.26. The molecule has 17 rings (SSSR count). The molecular weight excluding hydrogens is 1030 g/mol. The zero-order valence-corrected chi connectivity index (χ0v) is 46.3. The van der Waals surface area contributed by atoms with Gasteiger partial charge in [-0.25, -0.2) is 0 Å². The minimum Gasteiger partial charge on any atom is -0.310 e. The van der Waals surface area contributed by atoms with Gasteiger partial charge in [-0.3, -0.25) is 4.79 Å². The third-order valence-electron chi connectivity index (χ3n) is 18.2. The molecule has 0 aromatic heterocycles. The van der Waals surface area contributed by atoms with Gasteiger partial charge in [0.15, 0.2) is 5.78 Å². The number of rotatable bonds is 8. The lowest BCUT2D eigenvalue weighted by molar-refractivity contribution is 0.103. The topological polar surface area (TPSA) is 23.6 Å². The largest absolute Gasteiger partial charge is 0.310 e. The number of ketones is 1. The van der Waals surface area contributed by atoms with Crippen molar-refractivity contribution >= 4 is 61.5 Å². The molecule has 3 aliphatic rings. The molecule has 1 spiro atoms. The van der Waals surface area contributed by atoms with Gasteiger partial charge < -0.3 is 9.80 Å². The molecule has 0 radical (unpaired) electrons. The highest BCUT2D eigenvalue weighted by Gasteiger charge is 2.51. The SMILES string of the molecule is O=C(c1ccc2c(c1)-c1cc(N(c3ccccc3)c3ccc4ccccc4c3)ccc1-c1ccc(N(c3ccccc3)c3ccc4ccccc4c3)cc1-c1ccccc1-2)c1ccc2c(c1)C1(c3ccccc3-c3ccccc31)c1ccccc1-2. The van der Waals surface area contributed by atoms with E-state index >= 15 is 4.79 Å². The summed E-state index contributed by atoms with van der Waals surface area (Å²) in [7, 11) is 0. The summed E-state index contributed by atoms with van der Waals surface area (Å²) in [4.78, 5) is 20.6. The van der Waals surface area contributed by atoms with Gasteiger partial charge in [-0.15, -0.1) is 0 Å². The van der Waals surface area contributed by atoms with Crippen LogP contribution < -0.4 is 9.80 Å². The number of hydrogen-bond acceptors (Lipinski definition) is 3. The molecule has 0 bridgehead atoms. The van der Waals surface area contributed by atoms with E-state index in [2.05, 4.69) is 319 Å². The van der Waals surface area contributed by atoms with E-state index in [-0.39, 0.29) is 5.78 Å². The van der Waals surface area contributed by atoms with Gasteiger partial charge in [0, 0.05) is 45.3 Å². The Bertz CT molecular complexity index is 4990. The Labute approximate surface area is 494 Å². The van der Waals surface area contributed by atoms with E-state index in [0.717, 1.165) is 95.1 Å². The molecule has 85 heavy (non-hydrogen) atoms. The van der Waals surface area contributed by atoms with Crippen molar-refractivity contribution < 1.29 is 4.79 Å². The highest BCUT2D eigenvalue weighted by atomic mass is 16.1. The van der Waals surface area contributed by atoms with E-state index in [0.29, 0.717) is 11.1 Å². The van der Waals surface area contributed by atoms with Crippen LogP contribution in [0.4, 0.5) is 34.1 Å². The Kier molecular flexibility index (Phi) is 11.0. The molecule has 14 aromatic rings. The minimum absolute atomic E-state index is 0.0221. The predicted molar refractivity (Wildman–Crippen MR) is 352 cm³/mol. The minimum atomic E-state index is -0.572. The van der Waals surface area contributed by atoms with E-state index in [4.69, 9.17) is 0 Å². The van der Waals surface area contributed by atoms with Crippen LogP contribution in [0.5, 0.6) is 0 Å². The van der Waals surface area contributed by atoms with Gasteiger partial charge in [0.1, 0.15) is 0 Å². The maximum Gasteiger partial charge on any atom is 0.193 e. The standard InChI is InChI=1S/C82H52N2O/c85-81(58-38-44-73-72-31-15-18-34-79(72)82(80(73)50-58)77-32-16-13-29-70(77)71-30-14-17-33-78(71)82)57-37-43-67-65-27-11-12-28-66(65)75-51-63(83(59-23-3-1-4-24-59)61-39-35-53-19-7-9-21-55(53)47-61)41-45-68(75)69-46-42-64(52-76(69)74(67)49-57)84(60-25-5-2-6-26-60)62-40-36-54-20-8-10-22-56(54)48-62/h1-52H. The molecule has 3 nitrogen and oxygen atoms in total. The maximum absolute atomic E-state index is 15.9. The van der Waals surface area contributed by atoms with Crippen LogP contribution in [-0.4, -0.2) is 5.78 Å². The van der Waals surface area contributed by atoms with E-state index in [1.807, 2.05) is 6.07 Å². The number of benzene rings is 14. The van der Waals surface area contributed by atoms with Crippen LogP contribution in [0.25, 0.3) is 88.3 Å². The molecule has 14 aromatic carbocycles. The first-order chi connectivity index (χ1) is 42.1. The van der Waals surface area contributed by atoms with Gasteiger partial charge in [0.25, 0.3) is 0 Å². The Morgan fingerprint density at radius 1 is 0.212 bits per heavy atom. The summed E-state index contributed by atoms with van der Waals surface area (Å²) in [5, 5.41) is 4.73. The second-order valence-corrected chi connectivity index (χ2v) is 22.6. The van der Waals surface area contributed by atoms with E-state index in [9.17, 15) is 0 Å². The zero-order valence-electron chi connectivity index (χ0n) is 46.3. The number of anilines is 6. The smallest absolute Gasteiger partial charge is 0.193 e. The molecule has 396 valence electrons. The number of hydrogen-bond donors (Lipinski definition) is 0.